The number of aliphatic imine (C=N–C) groups is 1. The van der Waals surface area contributed by atoms with E-state index >= 15 is 0 Å². The van der Waals surface area contributed by atoms with Crippen molar-refractivity contribution in [2.45, 2.75) is 70.4 Å². The molecule has 0 spiro atoms. The van der Waals surface area contributed by atoms with Gasteiger partial charge in [-0.15, -0.1) is 24.0 Å². The van der Waals surface area contributed by atoms with Gasteiger partial charge in [0.15, 0.2) is 5.96 Å². The average Bonchev–Trinajstić information content (AvgIpc) is 2.47. The molecule has 2 aliphatic carbocycles. The maximum atomic E-state index is 11.7. The van der Waals surface area contributed by atoms with Crippen molar-refractivity contribution < 1.29 is 9.90 Å². The number of hydrogen-bond acceptors (Lipinski definition) is 3. The molecule has 2 saturated carbocycles. The summed E-state index contributed by atoms with van der Waals surface area (Å²) in [5.41, 5.74) is 0. The number of carbonyl (C=O) groups excluding carboxylic acids is 1. The maximum Gasteiger partial charge on any atom is 0.223 e. The summed E-state index contributed by atoms with van der Waals surface area (Å²) in [5, 5.41) is 19.3. The SMILES string of the molecule is CCNC(=NCCCNC(=O)C1CCC1)NC1CCC(O)CC1.I. The van der Waals surface area contributed by atoms with Crippen molar-refractivity contribution in [1.29, 1.82) is 0 Å². The maximum absolute atomic E-state index is 11.7. The fourth-order valence-electron chi connectivity index (χ4n) is 3.03. The Balaban J connectivity index is 0.00000288. The van der Waals surface area contributed by atoms with E-state index < -0.39 is 0 Å². The molecular formula is C17H33IN4O2. The van der Waals surface area contributed by atoms with Crippen molar-refractivity contribution in [2.24, 2.45) is 10.9 Å². The first-order valence-electron chi connectivity index (χ1n) is 9.19. The standard InChI is InChI=1S/C17H32N4O2.HI/c1-2-18-17(21-14-7-9-15(22)10-8-14)20-12-4-11-19-16(23)13-5-3-6-13;/h13-15,22H,2-12H2,1H3,(H,19,23)(H2,18,20,21);1H. The third kappa shape index (κ3) is 7.55. The summed E-state index contributed by atoms with van der Waals surface area (Å²) in [4.78, 5) is 16.3. The van der Waals surface area contributed by atoms with E-state index in [0.717, 1.165) is 57.5 Å². The smallest absolute Gasteiger partial charge is 0.223 e. The third-order valence-corrected chi connectivity index (χ3v) is 4.76. The van der Waals surface area contributed by atoms with Crippen LogP contribution in [0, 0.1) is 5.92 Å². The van der Waals surface area contributed by atoms with Crippen LogP contribution in [0.15, 0.2) is 4.99 Å². The van der Waals surface area contributed by atoms with Crippen LogP contribution in [0.4, 0.5) is 0 Å². The van der Waals surface area contributed by atoms with Gasteiger partial charge in [-0.25, -0.2) is 0 Å². The largest absolute Gasteiger partial charge is 0.393 e. The second kappa shape index (κ2) is 11.9. The first kappa shape index (κ1) is 21.5. The van der Waals surface area contributed by atoms with Gasteiger partial charge < -0.3 is 21.1 Å². The fourth-order valence-corrected chi connectivity index (χ4v) is 3.03. The van der Waals surface area contributed by atoms with Crippen molar-refractivity contribution in [1.82, 2.24) is 16.0 Å². The van der Waals surface area contributed by atoms with Crippen LogP contribution in [0.1, 0.15) is 58.3 Å². The molecule has 0 radical (unpaired) electrons. The Hall–Kier alpha value is -0.570. The summed E-state index contributed by atoms with van der Waals surface area (Å²) in [6.45, 7) is 4.30. The Morgan fingerprint density at radius 3 is 2.42 bits per heavy atom. The van der Waals surface area contributed by atoms with Gasteiger partial charge in [0.2, 0.25) is 5.91 Å². The molecule has 24 heavy (non-hydrogen) atoms. The number of guanidine groups is 1. The van der Waals surface area contributed by atoms with E-state index in [0.29, 0.717) is 19.1 Å². The van der Waals surface area contributed by atoms with Crippen molar-refractivity contribution in [3.63, 3.8) is 0 Å². The van der Waals surface area contributed by atoms with Gasteiger partial charge in [-0.1, -0.05) is 6.42 Å². The number of carbonyl (C=O) groups is 1. The Kier molecular flexibility index (Phi) is 10.6. The van der Waals surface area contributed by atoms with Crippen LogP contribution < -0.4 is 16.0 Å². The van der Waals surface area contributed by atoms with Gasteiger partial charge in [-0.2, -0.15) is 0 Å². The molecule has 0 aliphatic heterocycles. The third-order valence-electron chi connectivity index (χ3n) is 4.76. The van der Waals surface area contributed by atoms with Gasteiger partial charge in [0.1, 0.15) is 0 Å². The van der Waals surface area contributed by atoms with Crippen molar-refractivity contribution in [3.05, 3.63) is 0 Å². The lowest BCUT2D eigenvalue weighted by atomic mass is 9.85. The van der Waals surface area contributed by atoms with Crippen LogP contribution in [0.25, 0.3) is 0 Å². The second-order valence-electron chi connectivity index (χ2n) is 6.68. The van der Waals surface area contributed by atoms with Gasteiger partial charge in [-0.3, -0.25) is 9.79 Å². The lowest BCUT2D eigenvalue weighted by Crippen LogP contribution is -2.45. The lowest BCUT2D eigenvalue weighted by molar-refractivity contribution is -0.127. The molecule has 0 heterocycles. The van der Waals surface area contributed by atoms with Crippen molar-refractivity contribution in [3.8, 4) is 0 Å². The van der Waals surface area contributed by atoms with E-state index in [1.54, 1.807) is 0 Å². The molecule has 1 amide bonds. The predicted octanol–water partition coefficient (Wildman–Crippen LogP) is 1.77. The van der Waals surface area contributed by atoms with Gasteiger partial charge in [0.05, 0.1) is 6.10 Å². The summed E-state index contributed by atoms with van der Waals surface area (Å²) in [6.07, 6.45) is 7.73. The molecule has 0 aromatic heterocycles. The van der Waals surface area contributed by atoms with E-state index in [1.165, 1.54) is 6.42 Å². The molecule has 0 unspecified atom stereocenters. The van der Waals surface area contributed by atoms with E-state index in [-0.39, 0.29) is 41.9 Å². The van der Waals surface area contributed by atoms with Gasteiger partial charge in [-0.05, 0) is 51.9 Å². The highest BCUT2D eigenvalue weighted by molar-refractivity contribution is 14.0. The minimum Gasteiger partial charge on any atom is -0.393 e. The summed E-state index contributed by atoms with van der Waals surface area (Å²) in [5.74, 6) is 1.32. The number of hydrogen-bond donors (Lipinski definition) is 4. The quantitative estimate of drug-likeness (QED) is 0.205. The van der Waals surface area contributed by atoms with Crippen LogP contribution in [0.5, 0.6) is 0 Å². The highest BCUT2D eigenvalue weighted by Crippen LogP contribution is 2.26. The van der Waals surface area contributed by atoms with E-state index in [1.807, 2.05) is 0 Å². The Morgan fingerprint density at radius 2 is 1.83 bits per heavy atom. The highest BCUT2D eigenvalue weighted by Gasteiger charge is 2.24. The molecule has 2 rings (SSSR count). The molecule has 6 nitrogen and oxygen atoms in total. The van der Waals surface area contributed by atoms with Crippen LogP contribution in [0.3, 0.4) is 0 Å². The zero-order chi connectivity index (χ0) is 16.5. The first-order valence-corrected chi connectivity index (χ1v) is 9.19. The van der Waals surface area contributed by atoms with Gasteiger partial charge in [0, 0.05) is 31.6 Å². The van der Waals surface area contributed by atoms with Crippen molar-refractivity contribution in [2.75, 3.05) is 19.6 Å². The molecule has 0 atom stereocenters. The Labute approximate surface area is 162 Å². The van der Waals surface area contributed by atoms with Gasteiger partial charge >= 0.3 is 0 Å². The van der Waals surface area contributed by atoms with Crippen molar-refractivity contribution >= 4 is 35.8 Å². The zero-order valence-electron chi connectivity index (χ0n) is 14.7. The molecular weight excluding hydrogens is 419 g/mol. The second-order valence-corrected chi connectivity index (χ2v) is 6.68. The normalized spacial score (nSPS) is 24.5. The highest BCUT2D eigenvalue weighted by atomic mass is 127. The number of halogens is 1. The monoisotopic (exact) mass is 452 g/mol. The molecule has 0 saturated heterocycles. The number of aliphatic hydroxyl groups is 1. The summed E-state index contributed by atoms with van der Waals surface area (Å²) < 4.78 is 0. The molecule has 2 fully saturated rings. The van der Waals surface area contributed by atoms with Crippen LogP contribution >= 0.6 is 24.0 Å². The molecule has 4 N–H and O–H groups in total. The fraction of sp³-hybridized carbons (Fsp3) is 0.882. The number of nitrogens with zero attached hydrogens (tertiary/aromatic N) is 1. The zero-order valence-corrected chi connectivity index (χ0v) is 17.1. The number of nitrogens with one attached hydrogen (secondary N) is 3. The van der Waals surface area contributed by atoms with E-state index in [4.69, 9.17) is 0 Å². The topological polar surface area (TPSA) is 85.8 Å². The number of amides is 1. The predicted molar refractivity (Wildman–Crippen MR) is 108 cm³/mol. The van der Waals surface area contributed by atoms with E-state index in [2.05, 4.69) is 27.9 Å². The molecule has 140 valence electrons. The molecule has 0 aromatic carbocycles. The Morgan fingerprint density at radius 1 is 1.12 bits per heavy atom. The molecule has 0 aromatic rings. The van der Waals surface area contributed by atoms with Crippen LogP contribution in [-0.2, 0) is 4.79 Å². The Bertz CT molecular complexity index is 394. The lowest BCUT2D eigenvalue weighted by Gasteiger charge is -2.27. The summed E-state index contributed by atoms with van der Waals surface area (Å²) >= 11 is 0. The number of rotatable bonds is 7. The first-order chi connectivity index (χ1) is 11.2. The summed E-state index contributed by atoms with van der Waals surface area (Å²) in [7, 11) is 0. The summed E-state index contributed by atoms with van der Waals surface area (Å²) in [6, 6.07) is 0.398. The minimum absolute atomic E-state index is 0. The average molecular weight is 452 g/mol. The molecule has 7 heteroatoms. The minimum atomic E-state index is -0.133. The molecule has 0 bridgehead atoms. The number of aliphatic hydroxyl groups excluding tert-OH is 1. The van der Waals surface area contributed by atoms with Crippen LogP contribution in [-0.4, -0.2) is 48.8 Å². The molecule has 2 aliphatic rings. The van der Waals surface area contributed by atoms with E-state index in [9.17, 15) is 9.90 Å². The van der Waals surface area contributed by atoms with Gasteiger partial charge in [0.25, 0.3) is 0 Å². The van der Waals surface area contributed by atoms with Crippen LogP contribution in [0.2, 0.25) is 0 Å².